The van der Waals surface area contributed by atoms with Gasteiger partial charge in [0, 0.05) is 25.3 Å². The Labute approximate surface area is 118 Å². The lowest BCUT2D eigenvalue weighted by atomic mass is 10.2. The summed E-state index contributed by atoms with van der Waals surface area (Å²) in [6.45, 7) is 7.94. The van der Waals surface area contributed by atoms with Crippen LogP contribution >= 0.6 is 11.9 Å². The molecule has 0 aromatic carbocycles. The highest BCUT2D eigenvalue weighted by molar-refractivity contribution is 7.97. The molecule has 1 aliphatic rings. The van der Waals surface area contributed by atoms with E-state index in [0.29, 0.717) is 38.5 Å². The molecule has 0 atom stereocenters. The molecule has 2 amide bonds. The van der Waals surface area contributed by atoms with Gasteiger partial charge in [0.1, 0.15) is 5.60 Å². The lowest BCUT2D eigenvalue weighted by Crippen LogP contribution is -2.40. The van der Waals surface area contributed by atoms with E-state index in [0.717, 1.165) is 0 Å². The van der Waals surface area contributed by atoms with Gasteiger partial charge < -0.3 is 14.4 Å². The van der Waals surface area contributed by atoms with Gasteiger partial charge in [-0.2, -0.15) is 0 Å². The first-order valence-electron chi connectivity index (χ1n) is 6.35. The largest absolute Gasteiger partial charge is 0.443 e. The second kappa shape index (κ2) is 7.59. The zero-order valence-corrected chi connectivity index (χ0v) is 12.5. The Hall–Kier alpha value is -0.950. The summed E-state index contributed by atoms with van der Waals surface area (Å²) in [7, 11) is 0. The normalized spacial score (nSPS) is 16.1. The maximum absolute atomic E-state index is 11.8. The highest BCUT2D eigenvalue weighted by Gasteiger charge is 2.18. The minimum atomic E-state index is -0.506. The van der Waals surface area contributed by atoms with Gasteiger partial charge in [-0.25, -0.2) is 4.79 Å². The summed E-state index contributed by atoms with van der Waals surface area (Å²) in [5.74, 6) is 0.636. The van der Waals surface area contributed by atoms with Crippen LogP contribution in [0.5, 0.6) is 0 Å². The maximum Gasteiger partial charge on any atom is 0.417 e. The van der Waals surface area contributed by atoms with Crippen LogP contribution in [0.3, 0.4) is 0 Å². The van der Waals surface area contributed by atoms with Crippen LogP contribution in [0.15, 0.2) is 0 Å². The summed E-state index contributed by atoms with van der Waals surface area (Å²) in [4.78, 5) is 24.9. The summed E-state index contributed by atoms with van der Waals surface area (Å²) in [6, 6.07) is 0. The van der Waals surface area contributed by atoms with Crippen LogP contribution in [0.2, 0.25) is 0 Å². The molecule has 1 fully saturated rings. The van der Waals surface area contributed by atoms with Gasteiger partial charge >= 0.3 is 6.09 Å². The first-order chi connectivity index (χ1) is 8.88. The fourth-order valence-electron chi connectivity index (χ4n) is 1.52. The molecule has 1 N–H and O–H groups in total. The van der Waals surface area contributed by atoms with Crippen molar-refractivity contribution in [2.45, 2.75) is 32.8 Å². The van der Waals surface area contributed by atoms with Gasteiger partial charge in [-0.05, 0) is 32.7 Å². The highest BCUT2D eigenvalue weighted by atomic mass is 32.2. The first-order valence-corrected chi connectivity index (χ1v) is 7.33. The van der Waals surface area contributed by atoms with Crippen molar-refractivity contribution < 1.29 is 19.1 Å². The molecule has 1 aliphatic heterocycles. The van der Waals surface area contributed by atoms with E-state index < -0.39 is 11.7 Å². The molecule has 0 radical (unpaired) electrons. The Kier molecular flexibility index (Phi) is 6.44. The van der Waals surface area contributed by atoms with Gasteiger partial charge in [-0.15, -0.1) is 0 Å². The number of morpholine rings is 1. The highest BCUT2D eigenvalue weighted by Crippen LogP contribution is 2.09. The van der Waals surface area contributed by atoms with E-state index in [1.165, 1.54) is 11.9 Å². The number of hydrogen-bond donors (Lipinski definition) is 1. The zero-order valence-electron chi connectivity index (χ0n) is 11.7. The second-order valence-corrected chi connectivity index (χ2v) is 6.10. The summed E-state index contributed by atoms with van der Waals surface area (Å²) >= 11 is 1.19. The van der Waals surface area contributed by atoms with Crippen molar-refractivity contribution in [3.05, 3.63) is 0 Å². The molecule has 0 spiro atoms. The van der Waals surface area contributed by atoms with Crippen LogP contribution in [0, 0.1) is 0 Å². The van der Waals surface area contributed by atoms with E-state index in [9.17, 15) is 9.59 Å². The number of carbonyl (C=O) groups excluding carboxylic acids is 2. The third-order valence-corrected chi connectivity index (χ3v) is 3.06. The predicted octanol–water partition coefficient (Wildman–Crippen LogP) is 1.41. The zero-order chi connectivity index (χ0) is 14.3. The molecule has 1 rings (SSSR count). The first kappa shape index (κ1) is 16.1. The number of carbonyl (C=O) groups is 2. The Morgan fingerprint density at radius 3 is 2.53 bits per heavy atom. The molecule has 6 nitrogen and oxygen atoms in total. The van der Waals surface area contributed by atoms with E-state index in [1.54, 1.807) is 25.7 Å². The Morgan fingerprint density at radius 2 is 1.95 bits per heavy atom. The van der Waals surface area contributed by atoms with Crippen LogP contribution in [-0.2, 0) is 14.3 Å². The molecule has 7 heteroatoms. The molecule has 0 aromatic heterocycles. The number of nitrogens with zero attached hydrogens (tertiary/aromatic N) is 1. The Morgan fingerprint density at radius 1 is 1.32 bits per heavy atom. The average molecular weight is 290 g/mol. The second-order valence-electron chi connectivity index (χ2n) is 5.20. The quantitative estimate of drug-likeness (QED) is 0.626. The van der Waals surface area contributed by atoms with Gasteiger partial charge in [0.2, 0.25) is 5.91 Å². The van der Waals surface area contributed by atoms with Crippen molar-refractivity contribution in [3.63, 3.8) is 0 Å². The van der Waals surface area contributed by atoms with Gasteiger partial charge in [0.05, 0.1) is 13.2 Å². The third-order valence-electron chi connectivity index (χ3n) is 2.34. The van der Waals surface area contributed by atoms with E-state index in [4.69, 9.17) is 9.47 Å². The van der Waals surface area contributed by atoms with Crippen molar-refractivity contribution in [2.75, 3.05) is 32.1 Å². The van der Waals surface area contributed by atoms with Crippen molar-refractivity contribution >= 4 is 23.9 Å². The van der Waals surface area contributed by atoms with Gasteiger partial charge in [0.15, 0.2) is 0 Å². The monoisotopic (exact) mass is 290 g/mol. The number of rotatable bonds is 4. The van der Waals surface area contributed by atoms with Gasteiger partial charge in [-0.3, -0.25) is 9.52 Å². The summed E-state index contributed by atoms with van der Waals surface area (Å²) in [5, 5.41) is 0. The summed E-state index contributed by atoms with van der Waals surface area (Å²) < 4.78 is 12.8. The van der Waals surface area contributed by atoms with E-state index in [2.05, 4.69) is 4.72 Å². The molecule has 110 valence electrons. The molecule has 1 saturated heterocycles. The van der Waals surface area contributed by atoms with E-state index >= 15 is 0 Å². The van der Waals surface area contributed by atoms with Crippen molar-refractivity contribution in [3.8, 4) is 0 Å². The molecule has 0 unspecified atom stereocenters. The van der Waals surface area contributed by atoms with Crippen LogP contribution < -0.4 is 4.72 Å². The molecule has 0 aromatic rings. The van der Waals surface area contributed by atoms with Crippen LogP contribution in [0.25, 0.3) is 0 Å². The number of hydrogen-bond acceptors (Lipinski definition) is 5. The summed E-state index contributed by atoms with van der Waals surface area (Å²) in [6.07, 6.45) is -0.0724. The van der Waals surface area contributed by atoms with Gasteiger partial charge in [-0.1, -0.05) is 0 Å². The smallest absolute Gasteiger partial charge is 0.417 e. The number of nitrogens with one attached hydrogen (secondary N) is 1. The molecular weight excluding hydrogens is 268 g/mol. The molecule has 19 heavy (non-hydrogen) atoms. The lowest BCUT2D eigenvalue weighted by molar-refractivity contribution is -0.134. The molecule has 1 heterocycles. The topological polar surface area (TPSA) is 67.9 Å². The van der Waals surface area contributed by atoms with Crippen molar-refractivity contribution in [1.29, 1.82) is 0 Å². The number of ether oxygens (including phenoxy) is 2. The van der Waals surface area contributed by atoms with Crippen LogP contribution in [0.1, 0.15) is 27.2 Å². The minimum absolute atomic E-state index is 0.0989. The summed E-state index contributed by atoms with van der Waals surface area (Å²) in [5.41, 5.74) is -0.506. The fourth-order valence-corrected chi connectivity index (χ4v) is 2.06. The van der Waals surface area contributed by atoms with Crippen LogP contribution in [-0.4, -0.2) is 54.6 Å². The van der Waals surface area contributed by atoms with E-state index in [1.807, 2.05) is 0 Å². The molecule has 0 bridgehead atoms. The average Bonchev–Trinajstić information content (AvgIpc) is 2.33. The fraction of sp³-hybridized carbons (Fsp3) is 0.833. The molecule has 0 saturated carbocycles. The maximum atomic E-state index is 11.8. The Balaban J connectivity index is 2.10. The predicted molar refractivity (Wildman–Crippen MR) is 73.8 cm³/mol. The SMILES string of the molecule is CC(C)(C)OC(=O)NSCCC(=O)N1CCOCC1. The van der Waals surface area contributed by atoms with Crippen LogP contribution in [0.4, 0.5) is 4.79 Å². The molecule has 0 aliphatic carbocycles. The third kappa shape index (κ3) is 7.27. The standard InChI is InChI=1S/C12H22N2O4S/c1-12(2,3)18-11(16)13-19-9-4-10(15)14-5-7-17-8-6-14/h4-9H2,1-3H3,(H,13,16). The Bertz CT molecular complexity index is 311. The van der Waals surface area contributed by atoms with Gasteiger partial charge in [0.25, 0.3) is 0 Å². The lowest BCUT2D eigenvalue weighted by Gasteiger charge is -2.26. The number of amides is 2. The minimum Gasteiger partial charge on any atom is -0.443 e. The van der Waals surface area contributed by atoms with E-state index in [-0.39, 0.29) is 5.91 Å². The van der Waals surface area contributed by atoms with Crippen molar-refractivity contribution in [2.24, 2.45) is 0 Å². The molecular formula is C12H22N2O4S. The van der Waals surface area contributed by atoms with Crippen molar-refractivity contribution in [1.82, 2.24) is 9.62 Å².